The lowest BCUT2D eigenvalue weighted by atomic mass is 10.00. The van der Waals surface area contributed by atoms with E-state index in [9.17, 15) is 4.79 Å². The van der Waals surface area contributed by atoms with Gasteiger partial charge in [-0.05, 0) is 44.5 Å². The van der Waals surface area contributed by atoms with Crippen LogP contribution in [0.1, 0.15) is 26.7 Å². The molecule has 0 bridgehead atoms. The van der Waals surface area contributed by atoms with Crippen LogP contribution in [-0.4, -0.2) is 36.5 Å². The van der Waals surface area contributed by atoms with Crippen molar-refractivity contribution in [3.8, 4) is 5.75 Å². The van der Waals surface area contributed by atoms with Crippen molar-refractivity contribution in [3.05, 3.63) is 28.7 Å². The molecule has 0 aliphatic rings. The van der Waals surface area contributed by atoms with Crippen LogP contribution in [0.2, 0.25) is 0 Å². The summed E-state index contributed by atoms with van der Waals surface area (Å²) in [4.78, 5) is 13.6. The maximum absolute atomic E-state index is 11.9. The van der Waals surface area contributed by atoms with Gasteiger partial charge < -0.3 is 15.4 Å². The zero-order chi connectivity index (χ0) is 15.2. The number of likely N-dealkylation sites (N-methyl/N-ethyl adjacent to an activating group) is 1. The van der Waals surface area contributed by atoms with Crippen molar-refractivity contribution in [2.45, 2.75) is 32.2 Å². The fourth-order valence-electron chi connectivity index (χ4n) is 1.58. The first-order valence-electron chi connectivity index (χ1n) is 6.69. The number of ether oxygens (including phenoxy) is 1. The average Bonchev–Trinajstić information content (AvgIpc) is 2.37. The average molecular weight is 343 g/mol. The van der Waals surface area contributed by atoms with E-state index in [0.29, 0.717) is 26.0 Å². The van der Waals surface area contributed by atoms with E-state index in [-0.39, 0.29) is 11.4 Å². The number of carbonyl (C=O) groups excluding carboxylic acids is 1. The molecule has 0 aliphatic heterocycles. The topological polar surface area (TPSA) is 55.6 Å². The van der Waals surface area contributed by atoms with Gasteiger partial charge in [-0.25, -0.2) is 0 Å². The van der Waals surface area contributed by atoms with Crippen molar-refractivity contribution >= 4 is 21.8 Å². The maximum Gasteiger partial charge on any atom is 0.222 e. The van der Waals surface area contributed by atoms with Crippen LogP contribution < -0.4 is 10.5 Å². The maximum atomic E-state index is 11.9. The van der Waals surface area contributed by atoms with Crippen molar-refractivity contribution in [2.75, 3.05) is 20.2 Å². The van der Waals surface area contributed by atoms with Gasteiger partial charge in [0.2, 0.25) is 5.91 Å². The lowest BCUT2D eigenvalue weighted by Crippen LogP contribution is -2.36. The smallest absolute Gasteiger partial charge is 0.222 e. The standard InChI is InChI=1S/C15H23BrN2O2/c1-15(2,17)9-8-14(19)18(3)10-11-20-13-6-4-12(16)5-7-13/h4-7H,8-11,17H2,1-3H3. The minimum atomic E-state index is -0.301. The molecule has 0 aromatic heterocycles. The third-order valence-corrected chi connectivity index (χ3v) is 3.45. The van der Waals surface area contributed by atoms with Gasteiger partial charge in [0.1, 0.15) is 12.4 Å². The zero-order valence-electron chi connectivity index (χ0n) is 12.4. The van der Waals surface area contributed by atoms with E-state index in [1.807, 2.05) is 38.1 Å². The number of benzene rings is 1. The predicted molar refractivity (Wildman–Crippen MR) is 84.8 cm³/mol. The van der Waals surface area contributed by atoms with Gasteiger partial charge in [0.15, 0.2) is 0 Å². The summed E-state index contributed by atoms with van der Waals surface area (Å²) in [5.74, 6) is 0.903. The van der Waals surface area contributed by atoms with Gasteiger partial charge in [-0.3, -0.25) is 4.79 Å². The number of carbonyl (C=O) groups is 1. The Morgan fingerprint density at radius 3 is 2.50 bits per heavy atom. The molecule has 0 radical (unpaired) electrons. The van der Waals surface area contributed by atoms with Crippen molar-refractivity contribution in [1.82, 2.24) is 4.90 Å². The number of nitrogens with zero attached hydrogens (tertiary/aromatic N) is 1. The molecule has 2 N–H and O–H groups in total. The first kappa shape index (κ1) is 17.0. The Morgan fingerprint density at radius 1 is 1.35 bits per heavy atom. The second-order valence-electron chi connectivity index (χ2n) is 5.61. The molecular weight excluding hydrogens is 320 g/mol. The normalized spacial score (nSPS) is 11.2. The number of hydrogen-bond donors (Lipinski definition) is 1. The quantitative estimate of drug-likeness (QED) is 0.828. The largest absolute Gasteiger partial charge is 0.492 e. The highest BCUT2D eigenvalue weighted by atomic mass is 79.9. The Kier molecular flexibility index (Phi) is 6.49. The molecule has 0 heterocycles. The van der Waals surface area contributed by atoms with Crippen molar-refractivity contribution in [3.63, 3.8) is 0 Å². The summed E-state index contributed by atoms with van der Waals surface area (Å²) < 4.78 is 6.60. The highest BCUT2D eigenvalue weighted by Crippen LogP contribution is 2.16. The molecule has 4 nitrogen and oxygen atoms in total. The summed E-state index contributed by atoms with van der Waals surface area (Å²) in [6, 6.07) is 7.63. The molecule has 1 amide bonds. The number of hydrogen-bond acceptors (Lipinski definition) is 3. The molecule has 5 heteroatoms. The fraction of sp³-hybridized carbons (Fsp3) is 0.533. The van der Waals surface area contributed by atoms with E-state index in [0.717, 1.165) is 10.2 Å². The molecule has 0 saturated heterocycles. The van der Waals surface area contributed by atoms with Gasteiger partial charge in [-0.1, -0.05) is 15.9 Å². The molecule has 1 aromatic rings. The third kappa shape index (κ3) is 6.91. The lowest BCUT2D eigenvalue weighted by Gasteiger charge is -2.21. The van der Waals surface area contributed by atoms with E-state index in [2.05, 4.69) is 15.9 Å². The Labute approximate surface area is 129 Å². The predicted octanol–water partition coefficient (Wildman–Crippen LogP) is 2.80. The molecule has 0 aliphatic carbocycles. The van der Waals surface area contributed by atoms with Crippen LogP contribution in [0.5, 0.6) is 5.75 Å². The Hall–Kier alpha value is -1.07. The molecule has 112 valence electrons. The molecule has 0 spiro atoms. The zero-order valence-corrected chi connectivity index (χ0v) is 13.9. The molecule has 1 aromatic carbocycles. The molecule has 0 unspecified atom stereocenters. The van der Waals surface area contributed by atoms with E-state index in [1.54, 1.807) is 11.9 Å². The van der Waals surface area contributed by atoms with Crippen LogP contribution in [0.4, 0.5) is 0 Å². The van der Waals surface area contributed by atoms with Crippen LogP contribution in [0.3, 0.4) is 0 Å². The van der Waals surface area contributed by atoms with Crippen LogP contribution >= 0.6 is 15.9 Å². The number of rotatable bonds is 7. The first-order valence-corrected chi connectivity index (χ1v) is 7.48. The summed E-state index contributed by atoms with van der Waals surface area (Å²) >= 11 is 3.37. The van der Waals surface area contributed by atoms with Crippen LogP contribution in [0, 0.1) is 0 Å². The summed E-state index contributed by atoms with van der Waals surface area (Å²) in [5, 5.41) is 0. The second-order valence-corrected chi connectivity index (χ2v) is 6.52. The molecule has 0 saturated carbocycles. The minimum absolute atomic E-state index is 0.0999. The summed E-state index contributed by atoms with van der Waals surface area (Å²) in [5.41, 5.74) is 5.57. The molecule has 0 atom stereocenters. The number of amides is 1. The van der Waals surface area contributed by atoms with Gasteiger partial charge in [0, 0.05) is 23.5 Å². The Bertz CT molecular complexity index is 426. The molecule has 0 fully saturated rings. The Balaban J connectivity index is 2.27. The van der Waals surface area contributed by atoms with Crippen LogP contribution in [-0.2, 0) is 4.79 Å². The summed E-state index contributed by atoms with van der Waals surface area (Å²) in [6.45, 7) is 4.91. The number of halogens is 1. The van der Waals surface area contributed by atoms with Gasteiger partial charge in [-0.15, -0.1) is 0 Å². The highest BCUT2D eigenvalue weighted by Gasteiger charge is 2.15. The van der Waals surface area contributed by atoms with Gasteiger partial charge in [0.05, 0.1) is 6.54 Å². The van der Waals surface area contributed by atoms with Gasteiger partial charge in [-0.2, -0.15) is 0 Å². The van der Waals surface area contributed by atoms with Crippen molar-refractivity contribution in [1.29, 1.82) is 0 Å². The van der Waals surface area contributed by atoms with E-state index in [1.165, 1.54) is 0 Å². The van der Waals surface area contributed by atoms with E-state index < -0.39 is 0 Å². The molecule has 1 rings (SSSR count). The summed E-state index contributed by atoms with van der Waals surface area (Å²) in [6.07, 6.45) is 1.15. The lowest BCUT2D eigenvalue weighted by molar-refractivity contribution is -0.130. The van der Waals surface area contributed by atoms with Crippen LogP contribution in [0.15, 0.2) is 28.7 Å². The Morgan fingerprint density at radius 2 is 1.95 bits per heavy atom. The van der Waals surface area contributed by atoms with Crippen LogP contribution in [0.25, 0.3) is 0 Å². The first-order chi connectivity index (χ1) is 9.28. The molecule has 20 heavy (non-hydrogen) atoms. The number of nitrogens with two attached hydrogens (primary N) is 1. The van der Waals surface area contributed by atoms with Gasteiger partial charge in [0.25, 0.3) is 0 Å². The SMILES string of the molecule is CN(CCOc1ccc(Br)cc1)C(=O)CCC(C)(C)N. The monoisotopic (exact) mass is 342 g/mol. The highest BCUT2D eigenvalue weighted by molar-refractivity contribution is 9.10. The van der Waals surface area contributed by atoms with Crippen molar-refractivity contribution < 1.29 is 9.53 Å². The molecular formula is C15H23BrN2O2. The summed E-state index contributed by atoms with van der Waals surface area (Å²) in [7, 11) is 1.79. The van der Waals surface area contributed by atoms with Gasteiger partial charge >= 0.3 is 0 Å². The second kappa shape index (κ2) is 7.64. The fourth-order valence-corrected chi connectivity index (χ4v) is 1.84. The van der Waals surface area contributed by atoms with Crippen molar-refractivity contribution in [2.24, 2.45) is 5.73 Å². The van der Waals surface area contributed by atoms with E-state index in [4.69, 9.17) is 10.5 Å². The van der Waals surface area contributed by atoms with E-state index >= 15 is 0 Å². The third-order valence-electron chi connectivity index (χ3n) is 2.92. The minimum Gasteiger partial charge on any atom is -0.492 e.